The van der Waals surface area contributed by atoms with E-state index in [-0.39, 0.29) is 12.8 Å². The first-order valence-corrected chi connectivity index (χ1v) is 8.04. The maximum Gasteiger partial charge on any atom is 0.322 e. The van der Waals surface area contributed by atoms with Gasteiger partial charge in [0.1, 0.15) is 12.8 Å². The predicted molar refractivity (Wildman–Crippen MR) is 95.1 cm³/mol. The lowest BCUT2D eigenvalue weighted by Crippen LogP contribution is -2.11. The van der Waals surface area contributed by atoms with Crippen molar-refractivity contribution in [3.8, 4) is 11.1 Å². The third kappa shape index (κ3) is 3.36. The normalized spacial score (nSPS) is 12.0. The lowest BCUT2D eigenvalue weighted by molar-refractivity contribution is -0.134. The number of carboxylic acids is 1. The maximum absolute atomic E-state index is 10.7. The van der Waals surface area contributed by atoms with Crippen LogP contribution < -0.4 is 5.32 Å². The number of fused-ring (bicyclic) bond motifs is 1. The Morgan fingerprint density at radius 3 is 2.92 bits per heavy atom. The van der Waals surface area contributed by atoms with Crippen LogP contribution in [0.3, 0.4) is 0 Å². The lowest BCUT2D eigenvalue weighted by Gasteiger charge is -2.11. The molecule has 0 radical (unpaired) electrons. The minimum absolute atomic E-state index is 0.203. The molecule has 0 aliphatic rings. The highest BCUT2D eigenvalue weighted by Gasteiger charge is 2.16. The Kier molecular flexibility index (Phi) is 4.86. The molecule has 134 valence electrons. The predicted octanol–water partition coefficient (Wildman–Crippen LogP) is 2.80. The van der Waals surface area contributed by atoms with Crippen LogP contribution in [0.25, 0.3) is 21.5 Å². The third-order valence-corrected chi connectivity index (χ3v) is 3.85. The highest BCUT2D eigenvalue weighted by molar-refractivity contribution is 5.91. The first-order chi connectivity index (χ1) is 12.5. The summed E-state index contributed by atoms with van der Waals surface area (Å²) in [6, 6.07) is 1.77. The number of carboxylic acid groups (broad SMARTS) is 1. The average Bonchev–Trinajstić information content (AvgIpc) is 3.26. The number of aromatic nitrogens is 4. The summed E-state index contributed by atoms with van der Waals surface area (Å²) in [5.74, 6) is -0.957. The fraction of sp³-hybridized carbons (Fsp3) is 0.294. The van der Waals surface area contributed by atoms with Gasteiger partial charge in [0.25, 0.3) is 0 Å². The summed E-state index contributed by atoms with van der Waals surface area (Å²) in [7, 11) is 0. The van der Waals surface area contributed by atoms with Crippen LogP contribution in [0.5, 0.6) is 0 Å². The van der Waals surface area contributed by atoms with Crippen molar-refractivity contribution in [3.63, 3.8) is 0 Å². The van der Waals surface area contributed by atoms with E-state index >= 15 is 0 Å². The van der Waals surface area contributed by atoms with Gasteiger partial charge in [-0.05, 0) is 19.9 Å². The van der Waals surface area contributed by atoms with Crippen molar-refractivity contribution in [1.29, 1.82) is 0 Å². The standard InChI is InChI=1S/C17H18N6O3/c1-4-26-11(2)22-9-12(6-20-22)17-14(18-3)7-21-23-10-13(5-15(17)23)19-8-16(24)25/h5-7,9-11,19H,4,8H2,1-2H3,(H,24,25). The van der Waals surface area contributed by atoms with Crippen LogP contribution in [-0.2, 0) is 9.53 Å². The number of anilines is 1. The van der Waals surface area contributed by atoms with Crippen molar-refractivity contribution >= 4 is 22.9 Å². The number of rotatable bonds is 7. The molecule has 3 aromatic heterocycles. The number of nitrogens with one attached hydrogen (secondary N) is 1. The van der Waals surface area contributed by atoms with Gasteiger partial charge in [0, 0.05) is 23.9 Å². The summed E-state index contributed by atoms with van der Waals surface area (Å²) < 4.78 is 8.84. The molecule has 3 aromatic rings. The molecule has 0 aromatic carbocycles. The molecule has 1 atom stereocenters. The van der Waals surface area contributed by atoms with Gasteiger partial charge in [-0.1, -0.05) is 0 Å². The van der Waals surface area contributed by atoms with E-state index in [1.165, 1.54) is 6.20 Å². The fourth-order valence-electron chi connectivity index (χ4n) is 2.69. The minimum Gasteiger partial charge on any atom is -0.480 e. The van der Waals surface area contributed by atoms with Gasteiger partial charge in [-0.2, -0.15) is 10.2 Å². The number of nitrogens with zero attached hydrogens (tertiary/aromatic N) is 5. The Hall–Kier alpha value is -3.38. The first kappa shape index (κ1) is 17.4. The number of carbonyl (C=O) groups is 1. The topological polar surface area (TPSA) is 98.0 Å². The molecule has 0 spiro atoms. The first-order valence-electron chi connectivity index (χ1n) is 8.04. The van der Waals surface area contributed by atoms with Gasteiger partial charge in [-0.3, -0.25) is 4.79 Å². The molecular weight excluding hydrogens is 336 g/mol. The molecular formula is C17H18N6O3. The molecule has 9 heteroatoms. The summed E-state index contributed by atoms with van der Waals surface area (Å²) in [6.07, 6.45) is 6.45. The van der Waals surface area contributed by atoms with Crippen LogP contribution in [0.15, 0.2) is 30.9 Å². The lowest BCUT2D eigenvalue weighted by atomic mass is 10.1. The number of hydrogen-bond acceptors (Lipinski definition) is 5. The Morgan fingerprint density at radius 1 is 1.42 bits per heavy atom. The molecule has 26 heavy (non-hydrogen) atoms. The quantitative estimate of drug-likeness (QED) is 0.633. The molecule has 0 fully saturated rings. The zero-order chi connectivity index (χ0) is 18.7. The van der Waals surface area contributed by atoms with Crippen molar-refractivity contribution in [1.82, 2.24) is 19.4 Å². The van der Waals surface area contributed by atoms with E-state index in [4.69, 9.17) is 16.4 Å². The van der Waals surface area contributed by atoms with Gasteiger partial charge in [0.15, 0.2) is 0 Å². The van der Waals surface area contributed by atoms with E-state index in [1.54, 1.807) is 27.7 Å². The molecule has 0 aliphatic heterocycles. The van der Waals surface area contributed by atoms with E-state index in [0.717, 1.165) is 5.56 Å². The second-order valence-electron chi connectivity index (χ2n) is 5.59. The van der Waals surface area contributed by atoms with Crippen LogP contribution in [0.1, 0.15) is 20.1 Å². The summed E-state index contributed by atoms with van der Waals surface area (Å²) in [5.41, 5.74) is 3.14. The van der Waals surface area contributed by atoms with Gasteiger partial charge < -0.3 is 15.2 Å². The van der Waals surface area contributed by atoms with Crippen molar-refractivity contribution < 1.29 is 14.6 Å². The Balaban J connectivity index is 2.06. The zero-order valence-electron chi connectivity index (χ0n) is 14.4. The monoisotopic (exact) mass is 354 g/mol. The summed E-state index contributed by atoms with van der Waals surface area (Å²) in [4.78, 5) is 14.3. The SMILES string of the molecule is [C-]#[N+]c1cnn2cc(NCC(=O)O)cc2c1-c1cnn(C(C)OCC)c1. The van der Waals surface area contributed by atoms with Gasteiger partial charge in [-0.15, -0.1) is 0 Å². The largest absolute Gasteiger partial charge is 0.480 e. The highest BCUT2D eigenvalue weighted by Crippen LogP contribution is 2.35. The third-order valence-electron chi connectivity index (χ3n) is 3.85. The maximum atomic E-state index is 10.7. The Morgan fingerprint density at radius 2 is 2.23 bits per heavy atom. The summed E-state index contributed by atoms with van der Waals surface area (Å²) in [6.45, 7) is 11.6. The molecule has 0 amide bonds. The second-order valence-corrected chi connectivity index (χ2v) is 5.59. The molecule has 1 unspecified atom stereocenters. The number of ether oxygens (including phenoxy) is 1. The minimum atomic E-state index is -0.957. The Labute approximate surface area is 149 Å². The number of aliphatic carboxylic acids is 1. The van der Waals surface area contributed by atoms with Gasteiger partial charge in [-0.25, -0.2) is 14.0 Å². The smallest absolute Gasteiger partial charge is 0.322 e. The van der Waals surface area contributed by atoms with E-state index in [1.807, 2.05) is 20.0 Å². The molecule has 0 saturated heterocycles. The second kappa shape index (κ2) is 7.25. The van der Waals surface area contributed by atoms with Crippen LogP contribution in [0, 0.1) is 6.57 Å². The molecule has 2 N–H and O–H groups in total. The van der Waals surface area contributed by atoms with Gasteiger partial charge in [0.2, 0.25) is 5.69 Å². The van der Waals surface area contributed by atoms with Gasteiger partial charge in [0.05, 0.1) is 36.4 Å². The van der Waals surface area contributed by atoms with Crippen molar-refractivity contribution in [2.45, 2.75) is 20.1 Å². The van der Waals surface area contributed by atoms with E-state index in [2.05, 4.69) is 20.4 Å². The van der Waals surface area contributed by atoms with E-state index in [0.29, 0.717) is 29.1 Å². The summed E-state index contributed by atoms with van der Waals surface area (Å²) in [5, 5.41) is 20.2. The molecule has 3 heterocycles. The van der Waals surface area contributed by atoms with E-state index < -0.39 is 5.97 Å². The van der Waals surface area contributed by atoms with Crippen LogP contribution in [0.4, 0.5) is 11.4 Å². The van der Waals surface area contributed by atoms with Crippen LogP contribution >= 0.6 is 0 Å². The molecule has 0 bridgehead atoms. The fourth-order valence-corrected chi connectivity index (χ4v) is 2.69. The molecule has 3 rings (SSSR count). The summed E-state index contributed by atoms with van der Waals surface area (Å²) >= 11 is 0. The molecule has 0 saturated carbocycles. The van der Waals surface area contributed by atoms with E-state index in [9.17, 15) is 4.79 Å². The van der Waals surface area contributed by atoms with Crippen LogP contribution in [0.2, 0.25) is 0 Å². The zero-order valence-corrected chi connectivity index (χ0v) is 14.4. The Bertz CT molecular complexity index is 984. The van der Waals surface area contributed by atoms with Crippen molar-refractivity contribution in [3.05, 3.63) is 42.3 Å². The van der Waals surface area contributed by atoms with Crippen LogP contribution in [-0.4, -0.2) is 43.6 Å². The van der Waals surface area contributed by atoms with Crippen molar-refractivity contribution in [2.75, 3.05) is 18.5 Å². The molecule has 0 aliphatic carbocycles. The van der Waals surface area contributed by atoms with Gasteiger partial charge >= 0.3 is 5.97 Å². The molecule has 9 nitrogen and oxygen atoms in total. The van der Waals surface area contributed by atoms with Crippen molar-refractivity contribution in [2.24, 2.45) is 0 Å². The number of hydrogen-bond donors (Lipinski definition) is 2. The highest BCUT2D eigenvalue weighted by atomic mass is 16.5. The average molecular weight is 354 g/mol.